The van der Waals surface area contributed by atoms with Gasteiger partial charge in [-0.15, -0.1) is 0 Å². The summed E-state index contributed by atoms with van der Waals surface area (Å²) in [5, 5.41) is 15.2. The van der Waals surface area contributed by atoms with Gasteiger partial charge >= 0.3 is 0 Å². The van der Waals surface area contributed by atoms with Crippen LogP contribution in [-0.4, -0.2) is 46.8 Å². The third-order valence-corrected chi connectivity index (χ3v) is 4.15. The van der Waals surface area contributed by atoms with Crippen molar-refractivity contribution in [3.63, 3.8) is 0 Å². The summed E-state index contributed by atoms with van der Waals surface area (Å²) in [4.78, 5) is 28.3. The predicted molar refractivity (Wildman–Crippen MR) is 100 cm³/mol. The van der Waals surface area contributed by atoms with Crippen molar-refractivity contribution in [3.8, 4) is 0 Å². The normalized spacial score (nSPS) is 21.4. The minimum Gasteiger partial charge on any atom is -0.394 e. The summed E-state index contributed by atoms with van der Waals surface area (Å²) in [6.45, 7) is -0.275. The van der Waals surface area contributed by atoms with E-state index in [2.05, 4.69) is 15.6 Å². The average molecular weight is 367 g/mol. The van der Waals surface area contributed by atoms with Gasteiger partial charge in [-0.25, -0.2) is 0 Å². The van der Waals surface area contributed by atoms with Gasteiger partial charge < -0.3 is 20.5 Å². The number of hydrogen-bond acceptors (Lipinski definition) is 5. The molecule has 7 nitrogen and oxygen atoms in total. The van der Waals surface area contributed by atoms with Crippen LogP contribution < -0.4 is 10.6 Å². The number of carbonyl (C=O) groups is 2. The fraction of sp³-hybridized carbons (Fsp3) is 0.250. The maximum atomic E-state index is 12.3. The van der Waals surface area contributed by atoms with E-state index in [0.29, 0.717) is 11.3 Å². The fourth-order valence-electron chi connectivity index (χ4n) is 2.79. The fourth-order valence-corrected chi connectivity index (χ4v) is 2.79. The third-order valence-electron chi connectivity index (χ3n) is 4.15. The first-order chi connectivity index (χ1) is 13.2. The molecule has 3 N–H and O–H groups in total. The van der Waals surface area contributed by atoms with Gasteiger partial charge in [-0.05, 0) is 24.3 Å². The molecule has 0 spiro atoms. The first-order valence-electron chi connectivity index (χ1n) is 8.66. The molecule has 2 aromatic rings. The molecule has 0 saturated heterocycles. The lowest BCUT2D eigenvalue weighted by Gasteiger charge is -2.31. The highest BCUT2D eigenvalue weighted by Gasteiger charge is 2.29. The minimum absolute atomic E-state index is 0.118. The highest BCUT2D eigenvalue weighted by atomic mass is 16.5. The van der Waals surface area contributed by atoms with Crippen molar-refractivity contribution >= 4 is 17.5 Å². The van der Waals surface area contributed by atoms with Crippen LogP contribution in [0.2, 0.25) is 0 Å². The van der Waals surface area contributed by atoms with Crippen LogP contribution in [0, 0.1) is 0 Å². The van der Waals surface area contributed by atoms with Crippen molar-refractivity contribution < 1.29 is 19.4 Å². The van der Waals surface area contributed by atoms with E-state index < -0.39 is 18.2 Å². The van der Waals surface area contributed by atoms with Crippen LogP contribution in [0.15, 0.2) is 67.0 Å². The van der Waals surface area contributed by atoms with E-state index in [1.165, 1.54) is 12.4 Å². The first-order valence-corrected chi connectivity index (χ1v) is 8.66. The largest absolute Gasteiger partial charge is 0.394 e. The van der Waals surface area contributed by atoms with Gasteiger partial charge in [0.25, 0.3) is 5.91 Å². The summed E-state index contributed by atoms with van der Waals surface area (Å²) in [5.74, 6) is -0.471. The molecule has 7 heteroatoms. The Morgan fingerprint density at radius 3 is 2.52 bits per heavy atom. The number of rotatable bonds is 6. The lowest BCUT2D eigenvalue weighted by molar-refractivity contribution is -0.120. The van der Waals surface area contributed by atoms with E-state index >= 15 is 0 Å². The number of pyridine rings is 1. The molecule has 0 radical (unpaired) electrons. The maximum absolute atomic E-state index is 12.3. The van der Waals surface area contributed by atoms with Gasteiger partial charge in [0.05, 0.1) is 25.2 Å². The molecular weight excluding hydrogens is 346 g/mol. The number of aliphatic hydroxyl groups excluding tert-OH is 1. The summed E-state index contributed by atoms with van der Waals surface area (Å²) in [6, 6.07) is 11.9. The van der Waals surface area contributed by atoms with E-state index in [0.717, 1.165) is 0 Å². The zero-order valence-corrected chi connectivity index (χ0v) is 14.6. The third kappa shape index (κ3) is 5.22. The van der Waals surface area contributed by atoms with Crippen LogP contribution in [0.4, 0.5) is 5.69 Å². The standard InChI is InChI=1S/C20H21N3O4/c24-13-18-17(23-20(26)14-8-10-21-11-9-14)7-6-16(27-18)12-19(25)22-15-4-2-1-3-5-15/h1-11,16-18,24H,12-13H2,(H,22,25)(H,23,26)/t16-,17+,18-/m0/s1. The zero-order valence-electron chi connectivity index (χ0n) is 14.6. The Bertz CT molecular complexity index is 795. The molecule has 3 rings (SSSR count). The van der Waals surface area contributed by atoms with Crippen molar-refractivity contribution in [1.82, 2.24) is 10.3 Å². The van der Waals surface area contributed by atoms with E-state index in [9.17, 15) is 14.7 Å². The Balaban J connectivity index is 1.57. The number of amides is 2. The number of hydrogen-bond donors (Lipinski definition) is 3. The molecular formula is C20H21N3O4. The van der Waals surface area contributed by atoms with E-state index in [4.69, 9.17) is 4.74 Å². The van der Waals surface area contributed by atoms with Crippen molar-refractivity contribution in [3.05, 3.63) is 72.6 Å². The predicted octanol–water partition coefficient (Wildman–Crippen LogP) is 1.52. The maximum Gasteiger partial charge on any atom is 0.251 e. The van der Waals surface area contributed by atoms with Crippen molar-refractivity contribution in [2.75, 3.05) is 11.9 Å². The van der Waals surface area contributed by atoms with Crippen LogP contribution in [0.25, 0.3) is 0 Å². The number of carbonyl (C=O) groups excluding carboxylic acids is 2. The Morgan fingerprint density at radius 1 is 1.07 bits per heavy atom. The van der Waals surface area contributed by atoms with Gasteiger partial charge in [-0.2, -0.15) is 0 Å². The smallest absolute Gasteiger partial charge is 0.251 e. The zero-order chi connectivity index (χ0) is 19.1. The van der Waals surface area contributed by atoms with E-state index in [-0.39, 0.29) is 24.8 Å². The van der Waals surface area contributed by atoms with Gasteiger partial charge in [-0.3, -0.25) is 14.6 Å². The van der Waals surface area contributed by atoms with E-state index in [1.807, 2.05) is 18.2 Å². The quantitative estimate of drug-likeness (QED) is 0.672. The van der Waals surface area contributed by atoms with E-state index in [1.54, 1.807) is 36.4 Å². The van der Waals surface area contributed by atoms with Gasteiger partial charge in [-0.1, -0.05) is 30.4 Å². The van der Waals surface area contributed by atoms with Gasteiger partial charge in [0.15, 0.2) is 0 Å². The molecule has 1 aromatic carbocycles. The molecule has 0 unspecified atom stereocenters. The Morgan fingerprint density at radius 2 is 1.81 bits per heavy atom. The molecule has 2 amide bonds. The summed E-state index contributed by atoms with van der Waals surface area (Å²) >= 11 is 0. The molecule has 0 saturated carbocycles. The number of anilines is 1. The lowest BCUT2D eigenvalue weighted by Crippen LogP contribution is -2.48. The molecule has 1 aliphatic heterocycles. The molecule has 0 bridgehead atoms. The molecule has 2 heterocycles. The van der Waals surface area contributed by atoms with Crippen LogP contribution >= 0.6 is 0 Å². The van der Waals surface area contributed by atoms with Crippen LogP contribution in [-0.2, 0) is 9.53 Å². The Kier molecular flexibility index (Phi) is 6.30. The Labute approximate surface area is 157 Å². The molecule has 0 fully saturated rings. The molecule has 1 aliphatic rings. The second kappa shape index (κ2) is 9.07. The summed E-state index contributed by atoms with van der Waals surface area (Å²) in [5.41, 5.74) is 1.18. The second-order valence-electron chi connectivity index (χ2n) is 6.13. The van der Waals surface area contributed by atoms with Crippen molar-refractivity contribution in [1.29, 1.82) is 0 Å². The summed E-state index contributed by atoms with van der Waals surface area (Å²) in [6.07, 6.45) is 5.57. The van der Waals surface area contributed by atoms with Crippen LogP contribution in [0.3, 0.4) is 0 Å². The topological polar surface area (TPSA) is 101 Å². The summed E-state index contributed by atoms with van der Waals surface area (Å²) in [7, 11) is 0. The van der Waals surface area contributed by atoms with Gasteiger partial charge in [0, 0.05) is 23.6 Å². The number of aliphatic hydroxyl groups is 1. The molecule has 27 heavy (non-hydrogen) atoms. The molecule has 0 aliphatic carbocycles. The summed E-state index contributed by atoms with van der Waals surface area (Å²) < 4.78 is 5.77. The van der Waals surface area contributed by atoms with Gasteiger partial charge in [0.1, 0.15) is 6.10 Å². The highest BCUT2D eigenvalue weighted by molar-refractivity contribution is 5.94. The molecule has 1 aromatic heterocycles. The average Bonchev–Trinajstić information content (AvgIpc) is 2.70. The van der Waals surface area contributed by atoms with Crippen molar-refractivity contribution in [2.45, 2.75) is 24.7 Å². The SMILES string of the molecule is O=C(C[C@@H]1C=C[C@@H](NC(=O)c2ccncc2)[C@H](CO)O1)Nc1ccccc1. The van der Waals surface area contributed by atoms with Crippen LogP contribution in [0.5, 0.6) is 0 Å². The molecule has 140 valence electrons. The number of aromatic nitrogens is 1. The Hall–Kier alpha value is -3.03. The van der Waals surface area contributed by atoms with Gasteiger partial charge in [0.2, 0.25) is 5.91 Å². The first kappa shape index (κ1) is 18.8. The number of benzene rings is 1. The van der Waals surface area contributed by atoms with Crippen LogP contribution in [0.1, 0.15) is 16.8 Å². The van der Waals surface area contributed by atoms with Crippen molar-refractivity contribution in [2.24, 2.45) is 0 Å². The highest BCUT2D eigenvalue weighted by Crippen LogP contribution is 2.17. The monoisotopic (exact) mass is 367 g/mol. The second-order valence-corrected chi connectivity index (χ2v) is 6.13. The molecule has 3 atom stereocenters. The number of para-hydroxylation sites is 1. The lowest BCUT2D eigenvalue weighted by atomic mass is 10.0. The number of nitrogens with one attached hydrogen (secondary N) is 2. The minimum atomic E-state index is -0.629. The number of nitrogens with zero attached hydrogens (tertiary/aromatic N) is 1. The number of ether oxygens (including phenoxy) is 1.